The third-order valence-electron chi connectivity index (χ3n) is 3.19. The number of imidazole rings is 1. The van der Waals surface area contributed by atoms with Gasteiger partial charge in [-0.25, -0.2) is 4.98 Å². The van der Waals surface area contributed by atoms with Crippen molar-refractivity contribution >= 4 is 0 Å². The normalized spacial score (nSPS) is 12.5. The quantitative estimate of drug-likeness (QED) is 0.830. The Labute approximate surface area is 114 Å². The van der Waals surface area contributed by atoms with Crippen molar-refractivity contribution in [2.24, 2.45) is 0 Å². The molecule has 0 aliphatic heterocycles. The number of likely N-dealkylation sites (N-methyl/N-ethyl adjacent to an activating group) is 1. The maximum Gasteiger partial charge on any atom is 0.110 e. The summed E-state index contributed by atoms with van der Waals surface area (Å²) in [5.74, 6) is 1.14. The number of aryl methyl sites for hydroxylation is 1. The standard InChI is InChI=1S/C15H22N4/c1-3-9-19-10-8-18-15(19)11-14(17-4-2)13-6-5-7-16-12-13/h5-8,10,12,14,17H,3-4,9,11H2,1-2H3. The molecule has 2 aromatic heterocycles. The van der Waals surface area contributed by atoms with E-state index in [1.165, 1.54) is 5.56 Å². The lowest BCUT2D eigenvalue weighted by molar-refractivity contribution is 0.515. The molecule has 0 amide bonds. The molecule has 0 aromatic carbocycles. The first-order valence-corrected chi connectivity index (χ1v) is 6.98. The van der Waals surface area contributed by atoms with Crippen LogP contribution in [-0.2, 0) is 13.0 Å². The SMILES string of the molecule is CCCn1ccnc1CC(NCC)c1cccnc1. The van der Waals surface area contributed by atoms with Crippen LogP contribution in [0.2, 0.25) is 0 Å². The van der Waals surface area contributed by atoms with Crippen LogP contribution in [0.3, 0.4) is 0 Å². The monoisotopic (exact) mass is 258 g/mol. The average Bonchev–Trinajstić information content (AvgIpc) is 2.87. The molecule has 4 nitrogen and oxygen atoms in total. The van der Waals surface area contributed by atoms with Crippen molar-refractivity contribution in [2.75, 3.05) is 6.54 Å². The molecule has 0 fully saturated rings. The summed E-state index contributed by atoms with van der Waals surface area (Å²) in [7, 11) is 0. The van der Waals surface area contributed by atoms with E-state index in [2.05, 4.69) is 46.0 Å². The second-order valence-corrected chi connectivity index (χ2v) is 4.64. The second-order valence-electron chi connectivity index (χ2n) is 4.64. The van der Waals surface area contributed by atoms with E-state index in [1.54, 1.807) is 0 Å². The fraction of sp³-hybridized carbons (Fsp3) is 0.467. The Morgan fingerprint density at radius 3 is 2.89 bits per heavy atom. The summed E-state index contributed by atoms with van der Waals surface area (Å²) in [6.45, 7) is 6.28. The van der Waals surface area contributed by atoms with Crippen LogP contribution in [0.25, 0.3) is 0 Å². The maximum absolute atomic E-state index is 4.48. The van der Waals surface area contributed by atoms with Crippen LogP contribution in [-0.4, -0.2) is 21.1 Å². The van der Waals surface area contributed by atoms with E-state index in [1.807, 2.05) is 24.7 Å². The summed E-state index contributed by atoms with van der Waals surface area (Å²) in [5, 5.41) is 3.51. The van der Waals surface area contributed by atoms with E-state index in [9.17, 15) is 0 Å². The molecule has 0 spiro atoms. The molecular formula is C15H22N4. The lowest BCUT2D eigenvalue weighted by atomic mass is 10.1. The van der Waals surface area contributed by atoms with Gasteiger partial charge in [-0.1, -0.05) is 19.9 Å². The predicted molar refractivity (Wildman–Crippen MR) is 76.9 cm³/mol. The van der Waals surface area contributed by atoms with Gasteiger partial charge in [0.2, 0.25) is 0 Å². The Bertz CT molecular complexity index is 478. The average molecular weight is 258 g/mol. The lowest BCUT2D eigenvalue weighted by Gasteiger charge is -2.18. The van der Waals surface area contributed by atoms with Crippen molar-refractivity contribution in [3.05, 3.63) is 48.3 Å². The number of rotatable bonds is 7. The zero-order valence-corrected chi connectivity index (χ0v) is 11.7. The van der Waals surface area contributed by atoms with E-state index in [4.69, 9.17) is 0 Å². The maximum atomic E-state index is 4.48. The third kappa shape index (κ3) is 3.64. The number of hydrogen-bond acceptors (Lipinski definition) is 3. The van der Waals surface area contributed by atoms with Gasteiger partial charge in [-0.2, -0.15) is 0 Å². The van der Waals surface area contributed by atoms with Gasteiger partial charge in [0, 0.05) is 43.8 Å². The number of nitrogens with zero attached hydrogens (tertiary/aromatic N) is 3. The van der Waals surface area contributed by atoms with Gasteiger partial charge in [0.1, 0.15) is 5.82 Å². The molecule has 2 rings (SSSR count). The van der Waals surface area contributed by atoms with Gasteiger partial charge in [-0.05, 0) is 24.6 Å². The number of nitrogens with one attached hydrogen (secondary N) is 1. The van der Waals surface area contributed by atoms with Gasteiger partial charge in [0.25, 0.3) is 0 Å². The van der Waals surface area contributed by atoms with Crippen LogP contribution in [0.15, 0.2) is 36.9 Å². The van der Waals surface area contributed by atoms with Crippen molar-refractivity contribution in [1.29, 1.82) is 0 Å². The van der Waals surface area contributed by atoms with E-state index in [-0.39, 0.29) is 6.04 Å². The molecule has 0 saturated heterocycles. The van der Waals surface area contributed by atoms with Crippen molar-refractivity contribution in [3.8, 4) is 0 Å². The lowest BCUT2D eigenvalue weighted by Crippen LogP contribution is -2.24. The van der Waals surface area contributed by atoms with Crippen LogP contribution < -0.4 is 5.32 Å². The molecule has 1 N–H and O–H groups in total. The Morgan fingerprint density at radius 1 is 1.32 bits per heavy atom. The molecule has 102 valence electrons. The largest absolute Gasteiger partial charge is 0.335 e. The van der Waals surface area contributed by atoms with Gasteiger partial charge < -0.3 is 9.88 Å². The molecule has 1 unspecified atom stereocenters. The van der Waals surface area contributed by atoms with Crippen LogP contribution in [0.5, 0.6) is 0 Å². The van der Waals surface area contributed by atoms with Crippen molar-refractivity contribution < 1.29 is 0 Å². The topological polar surface area (TPSA) is 42.7 Å². The minimum atomic E-state index is 0.275. The van der Waals surface area contributed by atoms with Gasteiger partial charge >= 0.3 is 0 Å². The fourth-order valence-electron chi connectivity index (χ4n) is 2.29. The zero-order chi connectivity index (χ0) is 13.5. The molecule has 0 aliphatic carbocycles. The van der Waals surface area contributed by atoms with Crippen molar-refractivity contribution in [1.82, 2.24) is 19.9 Å². The molecule has 4 heteroatoms. The third-order valence-corrected chi connectivity index (χ3v) is 3.19. The summed E-state index contributed by atoms with van der Waals surface area (Å²) >= 11 is 0. The number of aromatic nitrogens is 3. The molecule has 2 heterocycles. The molecule has 19 heavy (non-hydrogen) atoms. The fourth-order valence-corrected chi connectivity index (χ4v) is 2.29. The Balaban J connectivity index is 2.14. The Kier molecular flexibility index (Phi) is 5.10. The second kappa shape index (κ2) is 7.04. The molecular weight excluding hydrogens is 236 g/mol. The molecule has 1 atom stereocenters. The smallest absolute Gasteiger partial charge is 0.110 e. The van der Waals surface area contributed by atoms with Crippen LogP contribution in [0.1, 0.15) is 37.7 Å². The highest BCUT2D eigenvalue weighted by molar-refractivity contribution is 5.16. The van der Waals surface area contributed by atoms with E-state index in [0.29, 0.717) is 0 Å². The Hall–Kier alpha value is -1.68. The molecule has 0 bridgehead atoms. The minimum Gasteiger partial charge on any atom is -0.335 e. The number of pyridine rings is 1. The van der Waals surface area contributed by atoms with Crippen LogP contribution in [0.4, 0.5) is 0 Å². The Morgan fingerprint density at radius 2 is 2.21 bits per heavy atom. The van der Waals surface area contributed by atoms with Gasteiger partial charge in [0.05, 0.1) is 0 Å². The van der Waals surface area contributed by atoms with Gasteiger partial charge in [-0.15, -0.1) is 0 Å². The molecule has 2 aromatic rings. The number of hydrogen-bond donors (Lipinski definition) is 1. The van der Waals surface area contributed by atoms with Crippen LogP contribution >= 0.6 is 0 Å². The zero-order valence-electron chi connectivity index (χ0n) is 11.7. The van der Waals surface area contributed by atoms with Gasteiger partial charge in [0.15, 0.2) is 0 Å². The first-order valence-electron chi connectivity index (χ1n) is 6.98. The summed E-state index contributed by atoms with van der Waals surface area (Å²) in [6.07, 6.45) is 9.71. The summed E-state index contributed by atoms with van der Waals surface area (Å²) in [5.41, 5.74) is 1.22. The predicted octanol–water partition coefficient (Wildman–Crippen LogP) is 2.58. The van der Waals surface area contributed by atoms with E-state index >= 15 is 0 Å². The molecule has 0 aliphatic rings. The minimum absolute atomic E-state index is 0.275. The molecule has 0 saturated carbocycles. The van der Waals surface area contributed by atoms with Crippen molar-refractivity contribution in [2.45, 2.75) is 39.3 Å². The highest BCUT2D eigenvalue weighted by atomic mass is 15.1. The van der Waals surface area contributed by atoms with E-state index < -0.39 is 0 Å². The first kappa shape index (κ1) is 13.7. The van der Waals surface area contributed by atoms with Crippen molar-refractivity contribution in [3.63, 3.8) is 0 Å². The first-order chi connectivity index (χ1) is 9.35. The van der Waals surface area contributed by atoms with Gasteiger partial charge in [-0.3, -0.25) is 4.98 Å². The molecule has 0 radical (unpaired) electrons. The summed E-state index contributed by atoms with van der Waals surface area (Å²) < 4.78 is 2.24. The van der Waals surface area contributed by atoms with Crippen LogP contribution in [0, 0.1) is 0 Å². The highest BCUT2D eigenvalue weighted by Crippen LogP contribution is 2.16. The highest BCUT2D eigenvalue weighted by Gasteiger charge is 2.14. The summed E-state index contributed by atoms with van der Waals surface area (Å²) in [6, 6.07) is 4.38. The summed E-state index contributed by atoms with van der Waals surface area (Å²) in [4.78, 5) is 8.69. The van der Waals surface area contributed by atoms with E-state index in [0.717, 1.165) is 31.8 Å².